The molecule has 2 rings (SSSR count). The monoisotopic (exact) mass is 299 g/mol. The Hall–Kier alpha value is -2.49. The lowest BCUT2D eigenvalue weighted by Gasteiger charge is -2.15. The molecule has 4 heteroatoms. The van der Waals surface area contributed by atoms with Crippen LogP contribution in [-0.4, -0.2) is 19.6 Å². The molecule has 0 radical (unpaired) electrons. The van der Waals surface area contributed by atoms with Gasteiger partial charge < -0.3 is 14.8 Å². The Morgan fingerprint density at radius 2 is 1.86 bits per heavy atom. The van der Waals surface area contributed by atoms with Gasteiger partial charge in [-0.05, 0) is 49.7 Å². The van der Waals surface area contributed by atoms with Crippen molar-refractivity contribution in [2.24, 2.45) is 0 Å². The number of hydrogen-bond donors (Lipinski definition) is 1. The van der Waals surface area contributed by atoms with E-state index in [9.17, 15) is 4.79 Å². The van der Waals surface area contributed by atoms with E-state index in [0.717, 1.165) is 11.3 Å². The van der Waals surface area contributed by atoms with E-state index in [1.54, 1.807) is 19.2 Å². The lowest BCUT2D eigenvalue weighted by molar-refractivity contribution is 0.0939. The zero-order valence-corrected chi connectivity index (χ0v) is 13.1. The molecule has 0 saturated heterocycles. The molecule has 1 atom stereocenters. The summed E-state index contributed by atoms with van der Waals surface area (Å²) in [5, 5.41) is 2.98. The van der Waals surface area contributed by atoms with E-state index in [2.05, 4.69) is 5.32 Å². The first-order chi connectivity index (χ1) is 10.6. The first kappa shape index (κ1) is 15.9. The van der Waals surface area contributed by atoms with Gasteiger partial charge in [-0.2, -0.15) is 0 Å². The average molecular weight is 299 g/mol. The molecule has 0 spiro atoms. The molecule has 0 fully saturated rings. The van der Waals surface area contributed by atoms with Crippen molar-refractivity contribution in [3.63, 3.8) is 0 Å². The normalized spacial score (nSPS) is 11.6. The number of methoxy groups -OCH3 is 1. The summed E-state index contributed by atoms with van der Waals surface area (Å²) in [6.07, 6.45) is 0. The number of ether oxygens (including phenoxy) is 2. The van der Waals surface area contributed by atoms with Crippen molar-refractivity contribution in [3.8, 4) is 11.5 Å². The zero-order valence-electron chi connectivity index (χ0n) is 13.1. The van der Waals surface area contributed by atoms with Gasteiger partial charge in [0.1, 0.15) is 11.5 Å². The molecule has 0 aliphatic heterocycles. The first-order valence-corrected chi connectivity index (χ1v) is 7.31. The fourth-order valence-electron chi connectivity index (χ4n) is 2.17. The summed E-state index contributed by atoms with van der Waals surface area (Å²) in [4.78, 5) is 12.3. The van der Waals surface area contributed by atoms with E-state index >= 15 is 0 Å². The number of amides is 1. The van der Waals surface area contributed by atoms with E-state index in [-0.39, 0.29) is 11.9 Å². The number of hydrogen-bond acceptors (Lipinski definition) is 3. The highest BCUT2D eigenvalue weighted by Gasteiger charge is 2.12. The fourth-order valence-corrected chi connectivity index (χ4v) is 2.17. The van der Waals surface area contributed by atoms with E-state index in [1.165, 1.54) is 0 Å². The highest BCUT2D eigenvalue weighted by Crippen LogP contribution is 2.20. The second-order valence-electron chi connectivity index (χ2n) is 4.93. The van der Waals surface area contributed by atoms with Crippen LogP contribution in [0.15, 0.2) is 48.5 Å². The lowest BCUT2D eigenvalue weighted by atomic mass is 10.1. The smallest absolute Gasteiger partial charge is 0.251 e. The molecule has 1 amide bonds. The van der Waals surface area contributed by atoms with Crippen molar-refractivity contribution in [2.45, 2.75) is 19.9 Å². The van der Waals surface area contributed by atoms with E-state index in [4.69, 9.17) is 9.47 Å². The Kier molecular flexibility index (Phi) is 5.42. The lowest BCUT2D eigenvalue weighted by Crippen LogP contribution is -2.26. The predicted octanol–water partition coefficient (Wildman–Crippen LogP) is 3.58. The molecule has 0 aromatic heterocycles. The van der Waals surface area contributed by atoms with Gasteiger partial charge in [0.15, 0.2) is 0 Å². The maximum absolute atomic E-state index is 12.3. The Balaban J connectivity index is 2.08. The minimum atomic E-state index is -0.128. The molecule has 0 heterocycles. The molecule has 2 aromatic rings. The maximum atomic E-state index is 12.3. The van der Waals surface area contributed by atoms with Crippen LogP contribution in [0.3, 0.4) is 0 Å². The summed E-state index contributed by atoms with van der Waals surface area (Å²) < 4.78 is 10.6. The standard InChI is InChI=1S/C18H21NO3/c1-4-22-17-10-6-8-15(12-17)18(20)19-13(2)14-7-5-9-16(11-14)21-3/h5-13H,4H2,1-3H3,(H,19,20)/t13-/m1/s1. The molecule has 116 valence electrons. The summed E-state index contributed by atoms with van der Waals surface area (Å²) in [5.74, 6) is 1.35. The molecule has 0 unspecified atom stereocenters. The summed E-state index contributed by atoms with van der Waals surface area (Å²) in [5.41, 5.74) is 1.58. The van der Waals surface area contributed by atoms with Crippen molar-refractivity contribution in [2.75, 3.05) is 13.7 Å². The largest absolute Gasteiger partial charge is 0.497 e. The second kappa shape index (κ2) is 7.50. The van der Waals surface area contributed by atoms with Crippen LogP contribution in [0.5, 0.6) is 11.5 Å². The Morgan fingerprint density at radius 1 is 1.14 bits per heavy atom. The van der Waals surface area contributed by atoms with Crippen LogP contribution >= 0.6 is 0 Å². The number of benzene rings is 2. The van der Waals surface area contributed by atoms with E-state index in [1.807, 2.05) is 50.2 Å². The molecular weight excluding hydrogens is 278 g/mol. The fraction of sp³-hybridized carbons (Fsp3) is 0.278. The van der Waals surface area contributed by atoms with Crippen molar-refractivity contribution >= 4 is 5.91 Å². The van der Waals surface area contributed by atoms with Gasteiger partial charge in [0.25, 0.3) is 5.91 Å². The molecule has 1 N–H and O–H groups in total. The molecule has 0 bridgehead atoms. The van der Waals surface area contributed by atoms with Crippen LogP contribution in [0.25, 0.3) is 0 Å². The highest BCUT2D eigenvalue weighted by atomic mass is 16.5. The molecule has 0 aliphatic rings. The molecule has 0 aliphatic carbocycles. The Labute approximate surface area is 131 Å². The molecule has 2 aromatic carbocycles. The topological polar surface area (TPSA) is 47.6 Å². The van der Waals surface area contributed by atoms with Gasteiger partial charge in [0, 0.05) is 5.56 Å². The summed E-state index contributed by atoms with van der Waals surface area (Å²) in [7, 11) is 1.63. The molecular formula is C18H21NO3. The molecule has 0 saturated carbocycles. The van der Waals surface area contributed by atoms with Crippen molar-refractivity contribution in [3.05, 3.63) is 59.7 Å². The van der Waals surface area contributed by atoms with Crippen LogP contribution in [0.4, 0.5) is 0 Å². The number of nitrogens with one attached hydrogen (secondary N) is 1. The van der Waals surface area contributed by atoms with Gasteiger partial charge in [-0.25, -0.2) is 0 Å². The summed E-state index contributed by atoms with van der Waals surface area (Å²) in [6, 6.07) is 14.7. The van der Waals surface area contributed by atoms with Crippen LogP contribution in [-0.2, 0) is 0 Å². The third-order valence-electron chi connectivity index (χ3n) is 3.35. The van der Waals surface area contributed by atoms with Crippen LogP contribution in [0.1, 0.15) is 35.8 Å². The minimum Gasteiger partial charge on any atom is -0.497 e. The minimum absolute atomic E-state index is 0.113. The van der Waals surface area contributed by atoms with Crippen LogP contribution < -0.4 is 14.8 Å². The van der Waals surface area contributed by atoms with Crippen LogP contribution in [0.2, 0.25) is 0 Å². The quantitative estimate of drug-likeness (QED) is 0.887. The Bertz CT molecular complexity index is 640. The number of carbonyl (C=O) groups excluding carboxylic acids is 1. The third kappa shape index (κ3) is 4.01. The Morgan fingerprint density at radius 3 is 2.59 bits per heavy atom. The first-order valence-electron chi connectivity index (χ1n) is 7.31. The number of carbonyl (C=O) groups is 1. The van der Waals surface area contributed by atoms with Crippen molar-refractivity contribution < 1.29 is 14.3 Å². The average Bonchev–Trinajstić information content (AvgIpc) is 2.55. The van der Waals surface area contributed by atoms with Crippen molar-refractivity contribution in [1.29, 1.82) is 0 Å². The third-order valence-corrected chi connectivity index (χ3v) is 3.35. The summed E-state index contributed by atoms with van der Waals surface area (Å²) in [6.45, 7) is 4.43. The zero-order chi connectivity index (χ0) is 15.9. The SMILES string of the molecule is CCOc1cccc(C(=O)N[C@H](C)c2cccc(OC)c2)c1. The van der Waals surface area contributed by atoms with Crippen molar-refractivity contribution in [1.82, 2.24) is 5.32 Å². The van der Waals surface area contributed by atoms with Gasteiger partial charge in [-0.3, -0.25) is 4.79 Å². The predicted molar refractivity (Wildman–Crippen MR) is 86.5 cm³/mol. The van der Waals surface area contributed by atoms with E-state index < -0.39 is 0 Å². The highest BCUT2D eigenvalue weighted by molar-refractivity contribution is 5.94. The summed E-state index contributed by atoms with van der Waals surface area (Å²) >= 11 is 0. The number of rotatable bonds is 6. The molecule has 4 nitrogen and oxygen atoms in total. The van der Waals surface area contributed by atoms with E-state index in [0.29, 0.717) is 17.9 Å². The maximum Gasteiger partial charge on any atom is 0.251 e. The van der Waals surface area contributed by atoms with Gasteiger partial charge in [-0.1, -0.05) is 18.2 Å². The van der Waals surface area contributed by atoms with Gasteiger partial charge in [-0.15, -0.1) is 0 Å². The van der Waals surface area contributed by atoms with Gasteiger partial charge in [0.05, 0.1) is 19.8 Å². The van der Waals surface area contributed by atoms with Crippen LogP contribution in [0, 0.1) is 0 Å². The second-order valence-corrected chi connectivity index (χ2v) is 4.93. The molecule has 22 heavy (non-hydrogen) atoms. The van der Waals surface area contributed by atoms with Gasteiger partial charge >= 0.3 is 0 Å². The van der Waals surface area contributed by atoms with Gasteiger partial charge in [0.2, 0.25) is 0 Å².